The molecule has 2 aromatic rings. The quantitative estimate of drug-likeness (QED) is 0.650. The lowest BCUT2D eigenvalue weighted by Crippen LogP contribution is -1.97. The number of hydrogen-bond donors (Lipinski definition) is 1. The van der Waals surface area contributed by atoms with Crippen LogP contribution in [0.1, 0.15) is 0 Å². The summed E-state index contributed by atoms with van der Waals surface area (Å²) in [5, 5.41) is 7.34. The van der Waals surface area contributed by atoms with Gasteiger partial charge in [-0.15, -0.1) is 10.2 Å². The van der Waals surface area contributed by atoms with Gasteiger partial charge in [-0.1, -0.05) is 0 Å². The van der Waals surface area contributed by atoms with Gasteiger partial charge in [0.05, 0.1) is 17.6 Å². The van der Waals surface area contributed by atoms with Gasteiger partial charge in [0.2, 0.25) is 0 Å². The summed E-state index contributed by atoms with van der Waals surface area (Å²) in [7, 11) is 0. The average molecular weight is 161 g/mol. The number of pyridine rings is 1. The Kier molecular flexibility index (Phi) is 1.48. The van der Waals surface area contributed by atoms with E-state index in [1.54, 1.807) is 35.7 Å². The fraction of sp³-hybridized carbons (Fsp3) is 0. The Morgan fingerprint density at radius 2 is 2.00 bits per heavy atom. The number of nitrogen functional groups attached to an aromatic ring is 1. The number of anilines is 1. The zero-order chi connectivity index (χ0) is 8.39. The molecule has 0 radical (unpaired) electrons. The van der Waals surface area contributed by atoms with Crippen molar-refractivity contribution in [2.24, 2.45) is 0 Å². The first kappa shape index (κ1) is 6.78. The molecule has 60 valence electrons. The van der Waals surface area contributed by atoms with Gasteiger partial charge in [-0.2, -0.15) is 0 Å². The van der Waals surface area contributed by atoms with Crippen molar-refractivity contribution in [2.45, 2.75) is 0 Å². The van der Waals surface area contributed by atoms with E-state index in [2.05, 4.69) is 15.2 Å². The first-order valence-electron chi connectivity index (χ1n) is 3.42. The maximum absolute atomic E-state index is 5.70. The van der Waals surface area contributed by atoms with Crippen molar-refractivity contribution in [1.29, 1.82) is 0 Å². The van der Waals surface area contributed by atoms with Gasteiger partial charge in [-0.3, -0.25) is 9.55 Å². The summed E-state index contributed by atoms with van der Waals surface area (Å²) >= 11 is 0. The molecule has 0 aliphatic heterocycles. The van der Waals surface area contributed by atoms with Gasteiger partial charge in [-0.05, 0) is 6.07 Å². The molecule has 0 spiro atoms. The van der Waals surface area contributed by atoms with Crippen LogP contribution in [-0.2, 0) is 0 Å². The minimum Gasteiger partial charge on any atom is -0.397 e. The van der Waals surface area contributed by atoms with Crippen LogP contribution >= 0.6 is 0 Å². The average Bonchev–Trinajstić information content (AvgIpc) is 2.57. The second-order valence-corrected chi connectivity index (χ2v) is 2.30. The number of rotatable bonds is 1. The lowest BCUT2D eigenvalue weighted by atomic mass is 10.3. The highest BCUT2D eigenvalue weighted by Gasteiger charge is 1.99. The fourth-order valence-corrected chi connectivity index (χ4v) is 0.938. The van der Waals surface area contributed by atoms with Gasteiger partial charge in [-0.25, -0.2) is 0 Å². The minimum absolute atomic E-state index is 0.657. The first-order valence-corrected chi connectivity index (χ1v) is 3.42. The number of aromatic nitrogens is 4. The van der Waals surface area contributed by atoms with E-state index in [-0.39, 0.29) is 0 Å². The Hall–Kier alpha value is -1.91. The fourth-order valence-electron chi connectivity index (χ4n) is 0.938. The van der Waals surface area contributed by atoms with E-state index in [1.807, 2.05) is 0 Å². The van der Waals surface area contributed by atoms with Crippen LogP contribution in [-0.4, -0.2) is 19.7 Å². The van der Waals surface area contributed by atoms with Gasteiger partial charge >= 0.3 is 0 Å². The largest absolute Gasteiger partial charge is 0.397 e. The van der Waals surface area contributed by atoms with Gasteiger partial charge < -0.3 is 5.73 Å². The van der Waals surface area contributed by atoms with Crippen LogP contribution in [0.5, 0.6) is 0 Å². The molecule has 5 nitrogen and oxygen atoms in total. The topological polar surface area (TPSA) is 69.6 Å². The maximum Gasteiger partial charge on any atom is 0.124 e. The monoisotopic (exact) mass is 161 g/mol. The summed E-state index contributed by atoms with van der Waals surface area (Å²) < 4.78 is 1.71. The van der Waals surface area contributed by atoms with Crippen molar-refractivity contribution in [3.63, 3.8) is 0 Å². The molecular weight excluding hydrogens is 154 g/mol. The summed E-state index contributed by atoms with van der Waals surface area (Å²) in [6.45, 7) is 0. The van der Waals surface area contributed by atoms with Crippen LogP contribution in [0, 0.1) is 0 Å². The van der Waals surface area contributed by atoms with Crippen molar-refractivity contribution in [3.05, 3.63) is 31.1 Å². The second-order valence-electron chi connectivity index (χ2n) is 2.30. The third-order valence-corrected chi connectivity index (χ3v) is 1.53. The molecule has 0 saturated heterocycles. The van der Waals surface area contributed by atoms with E-state index in [0.29, 0.717) is 5.69 Å². The standard InChI is InChI=1S/C7H7N5/c8-6-1-2-9-3-7(6)12-4-10-11-5-12/h1-5H,(H2,8,9). The molecule has 0 bridgehead atoms. The predicted molar refractivity (Wildman–Crippen MR) is 43.6 cm³/mol. The van der Waals surface area contributed by atoms with Crippen LogP contribution in [0.15, 0.2) is 31.1 Å². The van der Waals surface area contributed by atoms with Gasteiger partial charge in [0.15, 0.2) is 0 Å². The van der Waals surface area contributed by atoms with E-state index in [1.165, 1.54) is 0 Å². The molecule has 2 N–H and O–H groups in total. The van der Waals surface area contributed by atoms with Crippen LogP contribution in [0.3, 0.4) is 0 Å². The molecule has 0 amide bonds. The summed E-state index contributed by atoms with van der Waals surface area (Å²) in [5.74, 6) is 0. The molecule has 0 unspecified atom stereocenters. The molecule has 12 heavy (non-hydrogen) atoms. The Bertz CT molecular complexity index is 367. The molecule has 2 rings (SSSR count). The predicted octanol–water partition coefficient (Wildman–Crippen LogP) is 0.244. The Labute approximate surface area is 68.9 Å². The minimum atomic E-state index is 0.657. The maximum atomic E-state index is 5.70. The van der Waals surface area contributed by atoms with E-state index < -0.39 is 0 Å². The summed E-state index contributed by atoms with van der Waals surface area (Å²) in [6.07, 6.45) is 6.46. The summed E-state index contributed by atoms with van der Waals surface area (Å²) in [5.41, 5.74) is 7.15. The summed E-state index contributed by atoms with van der Waals surface area (Å²) in [6, 6.07) is 1.73. The van der Waals surface area contributed by atoms with Crippen molar-refractivity contribution in [1.82, 2.24) is 19.7 Å². The van der Waals surface area contributed by atoms with Crippen molar-refractivity contribution in [3.8, 4) is 5.69 Å². The zero-order valence-electron chi connectivity index (χ0n) is 6.25. The highest BCUT2D eigenvalue weighted by atomic mass is 15.2. The summed E-state index contributed by atoms with van der Waals surface area (Å²) in [4.78, 5) is 3.95. The molecule has 0 saturated carbocycles. The van der Waals surface area contributed by atoms with E-state index in [4.69, 9.17) is 5.73 Å². The lowest BCUT2D eigenvalue weighted by molar-refractivity contribution is 1.04. The number of nitrogens with two attached hydrogens (primary N) is 1. The number of nitrogens with zero attached hydrogens (tertiary/aromatic N) is 4. The van der Waals surface area contributed by atoms with Crippen LogP contribution in [0.25, 0.3) is 5.69 Å². The smallest absolute Gasteiger partial charge is 0.124 e. The van der Waals surface area contributed by atoms with Crippen LogP contribution in [0.2, 0.25) is 0 Å². The highest BCUT2D eigenvalue weighted by Crippen LogP contribution is 2.12. The molecule has 0 aliphatic rings. The Balaban J connectivity index is 2.55. The van der Waals surface area contributed by atoms with Crippen molar-refractivity contribution >= 4 is 5.69 Å². The molecule has 0 aliphatic carbocycles. The van der Waals surface area contributed by atoms with Crippen LogP contribution < -0.4 is 5.73 Å². The molecule has 0 atom stereocenters. The Morgan fingerprint density at radius 1 is 1.25 bits per heavy atom. The van der Waals surface area contributed by atoms with Crippen molar-refractivity contribution in [2.75, 3.05) is 5.73 Å². The highest BCUT2D eigenvalue weighted by molar-refractivity contribution is 5.55. The van der Waals surface area contributed by atoms with Gasteiger partial charge in [0.1, 0.15) is 12.7 Å². The van der Waals surface area contributed by atoms with E-state index in [0.717, 1.165) is 5.69 Å². The zero-order valence-corrected chi connectivity index (χ0v) is 6.25. The molecular formula is C7H7N5. The van der Waals surface area contributed by atoms with E-state index >= 15 is 0 Å². The Morgan fingerprint density at radius 3 is 2.67 bits per heavy atom. The number of hydrogen-bond acceptors (Lipinski definition) is 4. The SMILES string of the molecule is Nc1ccncc1-n1cnnc1. The molecule has 2 heterocycles. The lowest BCUT2D eigenvalue weighted by Gasteiger charge is -2.02. The van der Waals surface area contributed by atoms with E-state index in [9.17, 15) is 0 Å². The van der Waals surface area contributed by atoms with Gasteiger partial charge in [0.25, 0.3) is 0 Å². The molecule has 2 aromatic heterocycles. The third kappa shape index (κ3) is 1.01. The normalized spacial score (nSPS) is 10.0. The van der Waals surface area contributed by atoms with Crippen molar-refractivity contribution < 1.29 is 0 Å². The molecule has 0 aromatic carbocycles. The molecule has 5 heteroatoms. The second kappa shape index (κ2) is 2.61. The van der Waals surface area contributed by atoms with Gasteiger partial charge in [0, 0.05) is 6.20 Å². The first-order chi connectivity index (χ1) is 5.88. The van der Waals surface area contributed by atoms with Crippen LogP contribution in [0.4, 0.5) is 5.69 Å². The third-order valence-electron chi connectivity index (χ3n) is 1.53. The molecule has 0 fully saturated rings.